The topological polar surface area (TPSA) is 84.3 Å². The minimum absolute atomic E-state index is 0.0728. The van der Waals surface area contributed by atoms with E-state index in [0.717, 1.165) is 32.1 Å². The molecule has 2 bridgehead atoms. The predicted molar refractivity (Wildman–Crippen MR) is 133 cm³/mol. The van der Waals surface area contributed by atoms with Crippen molar-refractivity contribution in [2.45, 2.75) is 58.2 Å². The van der Waals surface area contributed by atoms with Crippen molar-refractivity contribution in [3.05, 3.63) is 42.5 Å². The Kier molecular flexibility index (Phi) is 6.04. The average Bonchev–Trinajstić information content (AvgIpc) is 2.86. The van der Waals surface area contributed by atoms with Gasteiger partial charge in [-0.3, -0.25) is 0 Å². The lowest BCUT2D eigenvalue weighted by Crippen LogP contribution is -2.57. The van der Waals surface area contributed by atoms with Gasteiger partial charge >= 0.3 is 0 Å². The van der Waals surface area contributed by atoms with Crippen LogP contribution in [0.2, 0.25) is 0 Å². The summed E-state index contributed by atoms with van der Waals surface area (Å²) in [6.45, 7) is 4.35. The number of phenols is 1. The van der Waals surface area contributed by atoms with Gasteiger partial charge < -0.3 is 14.7 Å². The van der Waals surface area contributed by atoms with E-state index < -0.39 is 12.0 Å². The van der Waals surface area contributed by atoms with Crippen LogP contribution in [0.4, 0.5) is 14.6 Å². The number of halogens is 2. The molecule has 4 atom stereocenters. The van der Waals surface area contributed by atoms with E-state index >= 15 is 4.39 Å². The summed E-state index contributed by atoms with van der Waals surface area (Å²) in [6.07, 6.45) is 6.88. The lowest BCUT2D eigenvalue weighted by Gasteiger charge is -2.55. The van der Waals surface area contributed by atoms with E-state index in [4.69, 9.17) is 4.74 Å². The number of pyridine rings is 1. The highest BCUT2D eigenvalue weighted by Crippen LogP contribution is 2.57. The summed E-state index contributed by atoms with van der Waals surface area (Å²) in [6, 6.07) is 5.87. The van der Waals surface area contributed by atoms with E-state index in [2.05, 4.69) is 34.0 Å². The van der Waals surface area contributed by atoms with Gasteiger partial charge in [0, 0.05) is 24.2 Å². The maximum Gasteiger partial charge on any atom is 0.250 e. The van der Waals surface area contributed by atoms with Gasteiger partial charge in [0.1, 0.15) is 11.9 Å². The van der Waals surface area contributed by atoms with Gasteiger partial charge in [0.2, 0.25) is 5.88 Å². The SMILES string of the molecule is COc1ncc(-c2ccc(-c3ncc(N(C)[C@@H]4C[C@@]5(C)CCC[C@](C)(C5)[C@@H]4F)nn3)c(O)c2)cc1F. The lowest BCUT2D eigenvalue weighted by atomic mass is 9.54. The Hall–Kier alpha value is -3.36. The van der Waals surface area contributed by atoms with Crippen LogP contribution in [0.3, 0.4) is 0 Å². The van der Waals surface area contributed by atoms with Crippen molar-refractivity contribution in [1.29, 1.82) is 0 Å². The number of nitrogens with zero attached hydrogens (tertiary/aromatic N) is 5. The van der Waals surface area contributed by atoms with Gasteiger partial charge in [-0.15, -0.1) is 10.2 Å². The number of anilines is 1. The van der Waals surface area contributed by atoms with E-state index in [9.17, 15) is 9.50 Å². The molecule has 0 saturated heterocycles. The van der Waals surface area contributed by atoms with Crippen LogP contribution < -0.4 is 9.64 Å². The zero-order valence-corrected chi connectivity index (χ0v) is 21.0. The summed E-state index contributed by atoms with van der Waals surface area (Å²) in [7, 11) is 3.20. The van der Waals surface area contributed by atoms with Crippen molar-refractivity contribution in [2.75, 3.05) is 19.1 Å². The number of hydrogen-bond donors (Lipinski definition) is 1. The summed E-state index contributed by atoms with van der Waals surface area (Å²) >= 11 is 0. The lowest BCUT2D eigenvalue weighted by molar-refractivity contribution is -0.0540. The van der Waals surface area contributed by atoms with Gasteiger partial charge in [-0.05, 0) is 54.9 Å². The molecule has 2 saturated carbocycles. The fourth-order valence-electron chi connectivity index (χ4n) is 6.24. The molecule has 5 rings (SSSR count). The molecule has 2 aliphatic carbocycles. The molecule has 0 unspecified atom stereocenters. The van der Waals surface area contributed by atoms with Gasteiger partial charge in [-0.2, -0.15) is 0 Å². The molecule has 2 aromatic heterocycles. The first-order valence-electron chi connectivity index (χ1n) is 12.2. The molecule has 0 radical (unpaired) electrons. The maximum absolute atomic E-state index is 15.7. The molecule has 0 amide bonds. The smallest absolute Gasteiger partial charge is 0.250 e. The van der Waals surface area contributed by atoms with Gasteiger partial charge in [-0.1, -0.05) is 26.3 Å². The number of phenolic OH excluding ortho intramolecular Hbond substituents is 1. The van der Waals surface area contributed by atoms with E-state index in [1.807, 2.05) is 11.9 Å². The molecule has 7 nitrogen and oxygen atoms in total. The fraction of sp³-hybridized carbons (Fsp3) is 0.481. The third-order valence-corrected chi connectivity index (χ3v) is 8.05. The van der Waals surface area contributed by atoms with Crippen molar-refractivity contribution in [2.24, 2.45) is 10.8 Å². The van der Waals surface area contributed by atoms with Gasteiger partial charge in [-0.25, -0.2) is 18.7 Å². The second-order valence-electron chi connectivity index (χ2n) is 10.9. The van der Waals surface area contributed by atoms with Crippen LogP contribution in [0, 0.1) is 16.6 Å². The van der Waals surface area contributed by atoms with Crippen molar-refractivity contribution in [3.8, 4) is 34.1 Å². The second kappa shape index (κ2) is 8.94. The molecular weight excluding hydrogens is 464 g/mol. The van der Waals surface area contributed by atoms with Crippen LogP contribution >= 0.6 is 0 Å². The number of ether oxygens (including phenoxy) is 1. The number of alkyl halides is 1. The van der Waals surface area contributed by atoms with E-state index in [0.29, 0.717) is 22.5 Å². The number of aromatic hydroxyl groups is 1. The Labute approximate surface area is 209 Å². The van der Waals surface area contributed by atoms with Gasteiger partial charge in [0.15, 0.2) is 17.5 Å². The molecule has 1 aromatic carbocycles. The first-order chi connectivity index (χ1) is 17.1. The second-order valence-corrected chi connectivity index (χ2v) is 10.9. The van der Waals surface area contributed by atoms with Crippen LogP contribution in [0.15, 0.2) is 36.7 Å². The van der Waals surface area contributed by atoms with Crippen LogP contribution in [0.25, 0.3) is 22.5 Å². The summed E-state index contributed by atoms with van der Waals surface area (Å²) in [5, 5.41) is 19.2. The highest BCUT2D eigenvalue weighted by molar-refractivity contribution is 5.72. The highest BCUT2D eigenvalue weighted by Gasteiger charge is 2.54. The first-order valence-corrected chi connectivity index (χ1v) is 12.2. The Bertz CT molecular complexity index is 1270. The molecule has 0 spiro atoms. The van der Waals surface area contributed by atoms with Crippen molar-refractivity contribution < 1.29 is 18.6 Å². The number of benzene rings is 1. The van der Waals surface area contributed by atoms with Crippen LogP contribution in [-0.4, -0.2) is 51.6 Å². The molecule has 190 valence electrons. The molecule has 36 heavy (non-hydrogen) atoms. The fourth-order valence-corrected chi connectivity index (χ4v) is 6.24. The summed E-state index contributed by atoms with van der Waals surface area (Å²) in [5.74, 6) is -0.0221. The number of aromatic nitrogens is 4. The van der Waals surface area contributed by atoms with Gasteiger partial charge in [0.25, 0.3) is 0 Å². The summed E-state index contributed by atoms with van der Waals surface area (Å²) in [4.78, 5) is 10.2. The number of hydrogen-bond acceptors (Lipinski definition) is 7. The standard InChI is InChI=1S/C27H31F2N5O2/c1-26-8-5-9-27(2,15-26)23(29)20(12-26)34(3)22-14-30-24(33-32-22)18-7-6-16(11-21(18)35)17-10-19(28)25(36-4)31-13-17/h6-7,10-11,13-14,20,23,35H,5,8-9,12,15H2,1-4H3/t20-,23-,26-,27-/m1/s1. The minimum atomic E-state index is -0.953. The van der Waals surface area contributed by atoms with Crippen molar-refractivity contribution >= 4 is 5.82 Å². The van der Waals surface area contributed by atoms with Gasteiger partial charge in [0.05, 0.1) is 24.9 Å². The van der Waals surface area contributed by atoms with Crippen molar-refractivity contribution in [3.63, 3.8) is 0 Å². The first kappa shape index (κ1) is 24.3. The Morgan fingerprint density at radius 1 is 1.08 bits per heavy atom. The highest BCUT2D eigenvalue weighted by atomic mass is 19.1. The van der Waals surface area contributed by atoms with E-state index in [1.54, 1.807) is 18.3 Å². The van der Waals surface area contributed by atoms with Crippen LogP contribution in [0.5, 0.6) is 11.6 Å². The zero-order valence-electron chi connectivity index (χ0n) is 21.0. The largest absolute Gasteiger partial charge is 0.507 e. The molecule has 3 aromatic rings. The third kappa shape index (κ3) is 4.24. The normalized spacial score (nSPS) is 27.5. The number of rotatable bonds is 5. The van der Waals surface area contributed by atoms with E-state index in [1.165, 1.54) is 25.4 Å². The number of fused-ring (bicyclic) bond motifs is 2. The quantitative estimate of drug-likeness (QED) is 0.494. The molecule has 2 fully saturated rings. The van der Waals surface area contributed by atoms with Crippen molar-refractivity contribution in [1.82, 2.24) is 20.2 Å². The van der Waals surface area contributed by atoms with Crippen LogP contribution in [0.1, 0.15) is 46.0 Å². The molecule has 1 N–H and O–H groups in total. The molecule has 9 heteroatoms. The summed E-state index contributed by atoms with van der Waals surface area (Å²) in [5.41, 5.74) is 1.27. The monoisotopic (exact) mass is 495 g/mol. The minimum Gasteiger partial charge on any atom is -0.507 e. The van der Waals surface area contributed by atoms with E-state index in [-0.39, 0.29) is 34.3 Å². The molecule has 0 aliphatic heterocycles. The summed E-state index contributed by atoms with van der Waals surface area (Å²) < 4.78 is 34.6. The maximum atomic E-state index is 15.7. The zero-order chi connectivity index (χ0) is 25.7. The molecule has 2 heterocycles. The Balaban J connectivity index is 1.36. The number of methoxy groups -OCH3 is 1. The predicted octanol–water partition coefficient (Wildman–Crippen LogP) is 5.59. The molecular formula is C27H31F2N5O2. The Morgan fingerprint density at radius 3 is 2.56 bits per heavy atom. The molecule has 2 aliphatic rings. The van der Waals surface area contributed by atoms with Crippen LogP contribution in [-0.2, 0) is 0 Å². The Morgan fingerprint density at radius 2 is 1.89 bits per heavy atom. The third-order valence-electron chi connectivity index (χ3n) is 8.05. The average molecular weight is 496 g/mol.